The molecule has 0 unspecified atom stereocenters. The molecule has 1 fully saturated rings. The topological polar surface area (TPSA) is 92.3 Å². The van der Waals surface area contributed by atoms with Gasteiger partial charge in [0.1, 0.15) is 11.6 Å². The third kappa shape index (κ3) is 7.29. The van der Waals surface area contributed by atoms with Crippen LogP contribution in [0.5, 0.6) is 11.6 Å². The highest BCUT2D eigenvalue weighted by Gasteiger charge is 2.35. The van der Waals surface area contributed by atoms with Crippen LogP contribution in [-0.4, -0.2) is 51.9 Å². The highest BCUT2D eigenvalue weighted by Crippen LogP contribution is 2.37. The molecule has 0 atom stereocenters. The first-order chi connectivity index (χ1) is 20.6. The normalized spacial score (nSPS) is 14.4. The summed E-state index contributed by atoms with van der Waals surface area (Å²) in [6, 6.07) is 14.0. The number of amides is 1. The fourth-order valence-corrected chi connectivity index (χ4v) is 4.95. The third-order valence-corrected chi connectivity index (χ3v) is 7.37. The van der Waals surface area contributed by atoms with Crippen LogP contribution < -0.4 is 15.4 Å². The lowest BCUT2D eigenvalue weighted by molar-refractivity contribution is -0.137. The van der Waals surface area contributed by atoms with E-state index in [9.17, 15) is 18.0 Å². The van der Waals surface area contributed by atoms with Crippen LogP contribution in [0, 0.1) is 6.92 Å². The molecule has 1 aliphatic rings. The second kappa shape index (κ2) is 12.8. The second-order valence-electron chi connectivity index (χ2n) is 10.6. The molecule has 4 aromatic rings. The zero-order chi connectivity index (χ0) is 30.6. The average molecular weight is 591 g/mol. The second-order valence-corrected chi connectivity index (χ2v) is 10.6. The van der Waals surface area contributed by atoms with Crippen molar-refractivity contribution in [3.63, 3.8) is 0 Å². The number of anilines is 2. The molecule has 0 radical (unpaired) electrons. The minimum absolute atomic E-state index is 0.0160. The first-order valence-electron chi connectivity index (χ1n) is 14.1. The number of alkyl halides is 3. The van der Waals surface area contributed by atoms with Crippen LogP contribution in [0.25, 0.3) is 11.3 Å². The van der Waals surface area contributed by atoms with E-state index in [1.54, 1.807) is 49.6 Å². The Labute approximate surface area is 248 Å². The third-order valence-electron chi connectivity index (χ3n) is 7.37. The Morgan fingerprint density at radius 3 is 2.56 bits per heavy atom. The van der Waals surface area contributed by atoms with Gasteiger partial charge in [-0.05, 0) is 100 Å². The van der Waals surface area contributed by atoms with Crippen molar-refractivity contribution in [2.75, 3.05) is 30.8 Å². The van der Waals surface area contributed by atoms with Gasteiger partial charge in [0.25, 0.3) is 5.91 Å². The maximum absolute atomic E-state index is 14.0. The number of carbonyl (C=O) groups excluding carboxylic acids is 1. The summed E-state index contributed by atoms with van der Waals surface area (Å²) in [7, 11) is 1.99. The molecular weight excluding hydrogens is 557 g/mol. The molecule has 8 nitrogen and oxygen atoms in total. The molecule has 3 heterocycles. The predicted molar refractivity (Wildman–Crippen MR) is 159 cm³/mol. The average Bonchev–Trinajstić information content (AvgIpc) is 2.99. The molecule has 1 saturated heterocycles. The van der Waals surface area contributed by atoms with E-state index >= 15 is 0 Å². The predicted octanol–water partition coefficient (Wildman–Crippen LogP) is 6.98. The lowest BCUT2D eigenvalue weighted by Gasteiger charge is -2.31. The maximum atomic E-state index is 14.0. The number of pyridine rings is 1. The number of halogens is 3. The Morgan fingerprint density at radius 1 is 1.05 bits per heavy atom. The van der Waals surface area contributed by atoms with E-state index in [2.05, 4.69) is 30.5 Å². The summed E-state index contributed by atoms with van der Waals surface area (Å²) >= 11 is 0. The first-order valence-corrected chi connectivity index (χ1v) is 14.1. The molecule has 1 aliphatic heterocycles. The maximum Gasteiger partial charge on any atom is 0.418 e. The fraction of sp³-hybridized carbons (Fsp3) is 0.312. The van der Waals surface area contributed by atoms with Crippen molar-refractivity contribution in [1.82, 2.24) is 19.9 Å². The summed E-state index contributed by atoms with van der Waals surface area (Å²) in [6.45, 7) is 5.40. The van der Waals surface area contributed by atoms with Crippen LogP contribution in [0.15, 0.2) is 67.0 Å². The smallest absolute Gasteiger partial charge is 0.418 e. The van der Waals surface area contributed by atoms with E-state index in [1.807, 2.05) is 20.0 Å². The van der Waals surface area contributed by atoms with Crippen molar-refractivity contribution in [2.24, 2.45) is 0 Å². The number of hydrogen-bond acceptors (Lipinski definition) is 7. The Hall–Kier alpha value is -4.51. The van der Waals surface area contributed by atoms with Gasteiger partial charge < -0.3 is 20.3 Å². The van der Waals surface area contributed by atoms with E-state index in [-0.39, 0.29) is 17.3 Å². The van der Waals surface area contributed by atoms with Gasteiger partial charge in [-0.15, -0.1) is 0 Å². The van der Waals surface area contributed by atoms with Gasteiger partial charge in [-0.1, -0.05) is 6.92 Å². The van der Waals surface area contributed by atoms with Crippen molar-refractivity contribution in [2.45, 2.75) is 45.3 Å². The van der Waals surface area contributed by atoms with Crippen molar-refractivity contribution >= 4 is 17.3 Å². The summed E-state index contributed by atoms with van der Waals surface area (Å²) in [6.07, 6.45) is 0.877. The largest absolute Gasteiger partial charge is 0.438 e. The number of nitrogens with zero attached hydrogens (tertiary/aromatic N) is 4. The fourth-order valence-electron chi connectivity index (χ4n) is 4.95. The van der Waals surface area contributed by atoms with Gasteiger partial charge in [0.05, 0.1) is 16.8 Å². The molecule has 5 rings (SSSR count). The van der Waals surface area contributed by atoms with Gasteiger partial charge in [0.15, 0.2) is 0 Å². The number of aromatic nitrogens is 3. The molecule has 43 heavy (non-hydrogen) atoms. The Morgan fingerprint density at radius 2 is 1.84 bits per heavy atom. The minimum Gasteiger partial charge on any atom is -0.438 e. The molecule has 0 spiro atoms. The summed E-state index contributed by atoms with van der Waals surface area (Å²) in [5.41, 5.74) is 1.53. The van der Waals surface area contributed by atoms with Gasteiger partial charge in [-0.25, -0.2) is 15.0 Å². The minimum atomic E-state index is -4.62. The number of rotatable bonds is 8. The van der Waals surface area contributed by atoms with E-state index in [1.165, 1.54) is 12.1 Å². The SMILES string of the molecule is CCc1nccc(-c2cccnc2Oc2ccc(NC(=O)c3ccc(NC4CCN(C)CC4)c(C(F)(F)F)c3)cc2C)n1. The summed E-state index contributed by atoms with van der Waals surface area (Å²) in [5, 5.41) is 5.75. The summed E-state index contributed by atoms with van der Waals surface area (Å²) < 4.78 is 48.1. The van der Waals surface area contributed by atoms with E-state index in [0.29, 0.717) is 46.4 Å². The number of aryl methyl sites for hydroxylation is 2. The number of benzene rings is 2. The van der Waals surface area contributed by atoms with Crippen LogP contribution in [-0.2, 0) is 12.6 Å². The molecule has 0 saturated carbocycles. The Kier molecular flexibility index (Phi) is 8.91. The molecule has 0 bridgehead atoms. The van der Waals surface area contributed by atoms with Crippen molar-refractivity contribution in [3.8, 4) is 22.9 Å². The van der Waals surface area contributed by atoms with Gasteiger partial charge >= 0.3 is 6.18 Å². The lowest BCUT2D eigenvalue weighted by atomic mass is 10.0. The van der Waals surface area contributed by atoms with Gasteiger partial charge in [-0.2, -0.15) is 13.2 Å². The Balaban J connectivity index is 1.31. The molecule has 2 aromatic carbocycles. The van der Waals surface area contributed by atoms with Crippen LogP contribution >= 0.6 is 0 Å². The van der Waals surface area contributed by atoms with Gasteiger partial charge in [0.2, 0.25) is 5.88 Å². The molecule has 224 valence electrons. The zero-order valence-electron chi connectivity index (χ0n) is 24.2. The first kappa shape index (κ1) is 30.0. The van der Waals surface area contributed by atoms with Crippen molar-refractivity contribution < 1.29 is 22.7 Å². The number of piperidine rings is 1. The molecule has 0 aliphatic carbocycles. The van der Waals surface area contributed by atoms with Crippen LogP contribution in [0.4, 0.5) is 24.5 Å². The van der Waals surface area contributed by atoms with Crippen molar-refractivity contribution in [1.29, 1.82) is 0 Å². The van der Waals surface area contributed by atoms with Crippen LogP contribution in [0.2, 0.25) is 0 Å². The molecule has 2 aromatic heterocycles. The van der Waals surface area contributed by atoms with E-state index < -0.39 is 17.6 Å². The van der Waals surface area contributed by atoms with Crippen LogP contribution in [0.3, 0.4) is 0 Å². The highest BCUT2D eigenvalue weighted by molar-refractivity contribution is 6.04. The zero-order valence-corrected chi connectivity index (χ0v) is 24.2. The summed E-state index contributed by atoms with van der Waals surface area (Å²) in [5.74, 6) is 0.921. The Bertz CT molecular complexity index is 1600. The molecular formula is C32H33F3N6O2. The lowest BCUT2D eigenvalue weighted by Crippen LogP contribution is -2.37. The highest BCUT2D eigenvalue weighted by atomic mass is 19.4. The van der Waals surface area contributed by atoms with Crippen LogP contribution in [0.1, 0.15) is 47.1 Å². The van der Waals surface area contributed by atoms with E-state index in [0.717, 1.165) is 32.0 Å². The quantitative estimate of drug-likeness (QED) is 0.229. The standard InChI is InChI=1S/C32H33F3N6O2/c1-4-29-36-15-11-26(40-29)24-6-5-14-37-31(24)43-28-10-8-23(18-20(28)2)39-30(42)21-7-9-27(25(19-21)32(33,34)35)38-22-12-16-41(3)17-13-22/h5-11,14-15,18-19,22,38H,4,12-13,16-17H2,1-3H3,(H,39,42). The molecule has 11 heteroatoms. The van der Waals surface area contributed by atoms with Crippen molar-refractivity contribution in [3.05, 3.63) is 89.5 Å². The van der Waals surface area contributed by atoms with Gasteiger partial charge in [0, 0.05) is 41.8 Å². The number of nitrogens with one attached hydrogen (secondary N) is 2. The monoisotopic (exact) mass is 590 g/mol. The number of ether oxygens (including phenoxy) is 1. The number of hydrogen-bond donors (Lipinski definition) is 2. The molecule has 1 amide bonds. The van der Waals surface area contributed by atoms with Gasteiger partial charge in [-0.3, -0.25) is 4.79 Å². The number of carbonyl (C=O) groups is 1. The number of likely N-dealkylation sites (tertiary alicyclic amines) is 1. The molecule has 2 N–H and O–H groups in total. The summed E-state index contributed by atoms with van der Waals surface area (Å²) in [4.78, 5) is 28.4. The van der Waals surface area contributed by atoms with E-state index in [4.69, 9.17) is 4.74 Å².